The fraction of sp³-hybridized carbons (Fsp3) is 0.467. The van der Waals surface area contributed by atoms with Gasteiger partial charge in [-0.3, -0.25) is 9.59 Å². The van der Waals surface area contributed by atoms with E-state index in [9.17, 15) is 9.59 Å². The molecule has 0 saturated heterocycles. The summed E-state index contributed by atoms with van der Waals surface area (Å²) in [7, 11) is 0. The van der Waals surface area contributed by atoms with Crippen molar-refractivity contribution in [3.8, 4) is 0 Å². The first kappa shape index (κ1) is 15.2. The second-order valence-corrected chi connectivity index (χ2v) is 4.53. The molecule has 1 atom stereocenters. The lowest BCUT2D eigenvalue weighted by molar-refractivity contribution is -0.123. The Labute approximate surface area is 114 Å². The average Bonchev–Trinajstić information content (AvgIpc) is 2.41. The number of carbonyl (C=O) groups excluding carboxylic acids is 2. The van der Waals surface area contributed by atoms with E-state index >= 15 is 0 Å². The number of benzene rings is 1. The van der Waals surface area contributed by atoms with E-state index in [2.05, 4.69) is 17.6 Å². The summed E-state index contributed by atoms with van der Waals surface area (Å²) in [6, 6.07) is 9.80. The summed E-state index contributed by atoms with van der Waals surface area (Å²) in [4.78, 5) is 22.9. The Morgan fingerprint density at radius 3 is 2.32 bits per heavy atom. The van der Waals surface area contributed by atoms with Crippen LogP contribution in [0.3, 0.4) is 0 Å². The van der Waals surface area contributed by atoms with Crippen molar-refractivity contribution in [2.24, 2.45) is 0 Å². The first-order chi connectivity index (χ1) is 9.15. The minimum atomic E-state index is -0.108. The smallest absolute Gasteiger partial charge is 0.227 e. The molecule has 0 aliphatic heterocycles. The van der Waals surface area contributed by atoms with E-state index in [1.807, 2.05) is 30.3 Å². The van der Waals surface area contributed by atoms with Crippen molar-refractivity contribution in [3.05, 3.63) is 35.9 Å². The third-order valence-corrected chi connectivity index (χ3v) is 2.89. The molecule has 0 aliphatic rings. The molecule has 0 spiro atoms. The summed E-state index contributed by atoms with van der Waals surface area (Å²) in [5, 5.41) is 5.53. The molecule has 2 N–H and O–H groups in total. The third-order valence-electron chi connectivity index (χ3n) is 2.89. The normalized spacial score (nSPS) is 11.7. The van der Waals surface area contributed by atoms with Crippen LogP contribution in [0.1, 0.15) is 38.2 Å². The molecule has 0 saturated carbocycles. The zero-order valence-corrected chi connectivity index (χ0v) is 11.6. The quantitative estimate of drug-likeness (QED) is 0.736. The number of carbonyl (C=O) groups is 2. The van der Waals surface area contributed by atoms with Gasteiger partial charge in [-0.2, -0.15) is 0 Å². The highest BCUT2D eigenvalue weighted by atomic mass is 16.2. The van der Waals surface area contributed by atoms with Crippen molar-refractivity contribution in [1.29, 1.82) is 0 Å². The standard InChI is InChI=1S/C15H22N2O2/c1-3-7-14(13-8-5-4-6-9-13)15(19)17-11-10-16-12(2)18/h4-6,8-9,14H,3,7,10-11H2,1-2H3,(H,16,18)(H,17,19)/t14-/m0/s1. The monoisotopic (exact) mass is 262 g/mol. The van der Waals surface area contributed by atoms with Crippen LogP contribution < -0.4 is 10.6 Å². The topological polar surface area (TPSA) is 58.2 Å². The van der Waals surface area contributed by atoms with Crippen molar-refractivity contribution in [2.75, 3.05) is 13.1 Å². The number of hydrogen-bond donors (Lipinski definition) is 2. The summed E-state index contributed by atoms with van der Waals surface area (Å²) in [6.07, 6.45) is 1.79. The van der Waals surface area contributed by atoms with Gasteiger partial charge in [-0.05, 0) is 12.0 Å². The molecule has 4 nitrogen and oxygen atoms in total. The van der Waals surface area contributed by atoms with Crippen molar-refractivity contribution in [3.63, 3.8) is 0 Å². The molecule has 0 fully saturated rings. The Kier molecular flexibility index (Phi) is 6.64. The van der Waals surface area contributed by atoms with Gasteiger partial charge >= 0.3 is 0 Å². The van der Waals surface area contributed by atoms with E-state index in [1.165, 1.54) is 6.92 Å². The minimum absolute atomic E-state index is 0.0263. The van der Waals surface area contributed by atoms with Crippen LogP contribution in [0.15, 0.2) is 30.3 Å². The maximum atomic E-state index is 12.2. The minimum Gasteiger partial charge on any atom is -0.355 e. The van der Waals surface area contributed by atoms with Gasteiger partial charge in [-0.1, -0.05) is 43.7 Å². The van der Waals surface area contributed by atoms with Gasteiger partial charge in [-0.25, -0.2) is 0 Å². The fourth-order valence-electron chi connectivity index (χ4n) is 1.97. The first-order valence-electron chi connectivity index (χ1n) is 6.72. The Hall–Kier alpha value is -1.84. The first-order valence-corrected chi connectivity index (χ1v) is 6.72. The zero-order chi connectivity index (χ0) is 14.1. The molecule has 1 rings (SSSR count). The van der Waals surface area contributed by atoms with Gasteiger partial charge in [0.15, 0.2) is 0 Å². The van der Waals surface area contributed by atoms with E-state index in [0.717, 1.165) is 18.4 Å². The molecule has 0 aromatic heterocycles. The fourth-order valence-corrected chi connectivity index (χ4v) is 1.97. The number of nitrogens with one attached hydrogen (secondary N) is 2. The van der Waals surface area contributed by atoms with Crippen LogP contribution in [0.5, 0.6) is 0 Å². The van der Waals surface area contributed by atoms with Gasteiger partial charge in [0.2, 0.25) is 11.8 Å². The Bertz CT molecular complexity index is 404. The molecule has 0 heterocycles. The number of amides is 2. The van der Waals surface area contributed by atoms with Gasteiger partial charge in [0.25, 0.3) is 0 Å². The van der Waals surface area contributed by atoms with Gasteiger partial charge in [0.05, 0.1) is 5.92 Å². The van der Waals surface area contributed by atoms with Crippen molar-refractivity contribution in [1.82, 2.24) is 10.6 Å². The van der Waals surface area contributed by atoms with Crippen LogP contribution in [-0.4, -0.2) is 24.9 Å². The third kappa shape index (κ3) is 5.55. The Balaban J connectivity index is 2.52. The van der Waals surface area contributed by atoms with Crippen LogP contribution in [0.25, 0.3) is 0 Å². The lowest BCUT2D eigenvalue weighted by Gasteiger charge is -2.16. The van der Waals surface area contributed by atoms with Crippen LogP contribution in [0.4, 0.5) is 0 Å². The van der Waals surface area contributed by atoms with Crippen molar-refractivity contribution in [2.45, 2.75) is 32.6 Å². The highest BCUT2D eigenvalue weighted by Gasteiger charge is 2.18. The Morgan fingerprint density at radius 2 is 1.74 bits per heavy atom. The van der Waals surface area contributed by atoms with E-state index < -0.39 is 0 Å². The lowest BCUT2D eigenvalue weighted by atomic mass is 9.94. The van der Waals surface area contributed by atoms with E-state index in [0.29, 0.717) is 13.1 Å². The van der Waals surface area contributed by atoms with Crippen LogP contribution >= 0.6 is 0 Å². The van der Waals surface area contributed by atoms with Crippen molar-refractivity contribution < 1.29 is 9.59 Å². The van der Waals surface area contributed by atoms with Crippen LogP contribution in [0.2, 0.25) is 0 Å². The summed E-state index contributed by atoms with van der Waals surface area (Å²) in [5.41, 5.74) is 1.04. The van der Waals surface area contributed by atoms with E-state index in [1.54, 1.807) is 0 Å². The SMILES string of the molecule is CCC[C@H](C(=O)NCCNC(C)=O)c1ccccc1. The predicted molar refractivity (Wildman–Crippen MR) is 75.8 cm³/mol. The highest BCUT2D eigenvalue weighted by Crippen LogP contribution is 2.21. The molecule has 0 aliphatic carbocycles. The van der Waals surface area contributed by atoms with Crippen molar-refractivity contribution >= 4 is 11.8 Å². The molecule has 2 amide bonds. The molecule has 4 heteroatoms. The molecule has 0 radical (unpaired) electrons. The summed E-state index contributed by atoms with van der Waals surface area (Å²) in [5.74, 6) is -0.163. The second kappa shape index (κ2) is 8.29. The second-order valence-electron chi connectivity index (χ2n) is 4.53. The summed E-state index contributed by atoms with van der Waals surface area (Å²) < 4.78 is 0. The summed E-state index contributed by atoms with van der Waals surface area (Å²) in [6.45, 7) is 4.46. The number of rotatable bonds is 7. The highest BCUT2D eigenvalue weighted by molar-refractivity contribution is 5.83. The maximum Gasteiger partial charge on any atom is 0.227 e. The average molecular weight is 262 g/mol. The molecule has 0 unspecified atom stereocenters. The summed E-state index contributed by atoms with van der Waals surface area (Å²) >= 11 is 0. The van der Waals surface area contributed by atoms with Crippen LogP contribution in [0, 0.1) is 0 Å². The maximum absolute atomic E-state index is 12.2. The molecule has 1 aromatic rings. The zero-order valence-electron chi connectivity index (χ0n) is 11.6. The van der Waals surface area contributed by atoms with Crippen LogP contribution in [-0.2, 0) is 9.59 Å². The van der Waals surface area contributed by atoms with Gasteiger partial charge in [-0.15, -0.1) is 0 Å². The molecule has 19 heavy (non-hydrogen) atoms. The molecular formula is C15H22N2O2. The molecule has 0 bridgehead atoms. The van der Waals surface area contributed by atoms with Gasteiger partial charge in [0, 0.05) is 20.0 Å². The lowest BCUT2D eigenvalue weighted by Crippen LogP contribution is -2.36. The largest absolute Gasteiger partial charge is 0.355 e. The van der Waals surface area contributed by atoms with Gasteiger partial charge in [0.1, 0.15) is 0 Å². The van der Waals surface area contributed by atoms with E-state index in [-0.39, 0.29) is 17.7 Å². The van der Waals surface area contributed by atoms with E-state index in [4.69, 9.17) is 0 Å². The molecule has 104 valence electrons. The Morgan fingerprint density at radius 1 is 1.11 bits per heavy atom. The predicted octanol–water partition coefficient (Wildman–Crippen LogP) is 1.82. The molecule has 1 aromatic carbocycles. The van der Waals surface area contributed by atoms with Gasteiger partial charge < -0.3 is 10.6 Å². The number of hydrogen-bond acceptors (Lipinski definition) is 2. The molecular weight excluding hydrogens is 240 g/mol.